The van der Waals surface area contributed by atoms with Crippen molar-refractivity contribution in [1.29, 1.82) is 0 Å². The average molecular weight is 438 g/mol. The SMILES string of the molecule is Cc1cnc(NC(=O)c2cc(N3CCOCC3)nn3cc(-c4ccccc4F)nc23)s1. The Kier molecular flexibility index (Phi) is 5.08. The molecule has 4 heterocycles. The average Bonchev–Trinajstić information content (AvgIpc) is 3.39. The van der Waals surface area contributed by atoms with Gasteiger partial charge in [-0.1, -0.05) is 12.1 Å². The number of imidazole rings is 1. The summed E-state index contributed by atoms with van der Waals surface area (Å²) in [5.41, 5.74) is 1.44. The van der Waals surface area contributed by atoms with Gasteiger partial charge in [-0.3, -0.25) is 10.1 Å². The predicted molar refractivity (Wildman–Crippen MR) is 116 cm³/mol. The third-order valence-electron chi connectivity index (χ3n) is 4.98. The molecule has 1 fully saturated rings. The molecule has 1 saturated heterocycles. The molecule has 1 N–H and O–H groups in total. The summed E-state index contributed by atoms with van der Waals surface area (Å²) in [6.45, 7) is 4.43. The van der Waals surface area contributed by atoms with E-state index in [1.807, 2.05) is 6.92 Å². The molecule has 1 aliphatic heterocycles. The van der Waals surface area contributed by atoms with Crippen LogP contribution in [0.2, 0.25) is 0 Å². The zero-order valence-corrected chi connectivity index (χ0v) is 17.5. The highest BCUT2D eigenvalue weighted by atomic mass is 32.1. The Morgan fingerprint density at radius 2 is 2.06 bits per heavy atom. The van der Waals surface area contributed by atoms with Gasteiger partial charge in [-0.05, 0) is 25.1 Å². The van der Waals surface area contributed by atoms with Gasteiger partial charge in [0.25, 0.3) is 5.91 Å². The summed E-state index contributed by atoms with van der Waals surface area (Å²) in [6, 6.07) is 8.11. The van der Waals surface area contributed by atoms with Gasteiger partial charge >= 0.3 is 0 Å². The van der Waals surface area contributed by atoms with Crippen LogP contribution in [0, 0.1) is 12.7 Å². The number of carbonyl (C=O) groups excluding carboxylic acids is 1. The quantitative estimate of drug-likeness (QED) is 0.526. The zero-order valence-electron chi connectivity index (χ0n) is 16.7. The molecule has 10 heteroatoms. The van der Waals surface area contributed by atoms with Crippen LogP contribution in [-0.2, 0) is 4.74 Å². The molecule has 31 heavy (non-hydrogen) atoms. The van der Waals surface area contributed by atoms with Crippen molar-refractivity contribution in [3.8, 4) is 11.3 Å². The number of fused-ring (bicyclic) bond motifs is 1. The Morgan fingerprint density at radius 1 is 1.26 bits per heavy atom. The standard InChI is InChI=1S/C21H19FN6O2S/c1-13-11-23-21(31-13)25-20(29)15-10-18(27-6-8-30-9-7-27)26-28-12-17(24-19(15)28)14-4-2-3-5-16(14)22/h2-5,10-12H,6-9H2,1H3,(H,23,25,29). The monoisotopic (exact) mass is 438 g/mol. The molecule has 1 amide bonds. The van der Waals surface area contributed by atoms with Crippen molar-refractivity contribution in [2.24, 2.45) is 0 Å². The van der Waals surface area contributed by atoms with E-state index in [2.05, 4.69) is 25.3 Å². The van der Waals surface area contributed by atoms with Crippen LogP contribution in [-0.4, -0.2) is 51.8 Å². The molecule has 8 nitrogen and oxygen atoms in total. The number of hydrogen-bond donors (Lipinski definition) is 1. The van der Waals surface area contributed by atoms with Gasteiger partial charge in [-0.15, -0.1) is 16.4 Å². The first-order valence-electron chi connectivity index (χ1n) is 9.80. The van der Waals surface area contributed by atoms with Crippen LogP contribution in [0.4, 0.5) is 15.3 Å². The number of aryl methyl sites for hydroxylation is 1. The number of carbonyl (C=O) groups is 1. The number of hydrogen-bond acceptors (Lipinski definition) is 7. The first-order valence-corrected chi connectivity index (χ1v) is 10.6. The number of benzene rings is 1. The summed E-state index contributed by atoms with van der Waals surface area (Å²) in [4.78, 5) is 24.9. The van der Waals surface area contributed by atoms with Crippen molar-refractivity contribution in [3.05, 3.63) is 59.0 Å². The molecule has 3 aromatic heterocycles. The van der Waals surface area contributed by atoms with Gasteiger partial charge in [0.2, 0.25) is 0 Å². The summed E-state index contributed by atoms with van der Waals surface area (Å²) in [7, 11) is 0. The summed E-state index contributed by atoms with van der Waals surface area (Å²) >= 11 is 1.39. The molecular weight excluding hydrogens is 419 g/mol. The molecular formula is C21H19FN6O2S. The number of halogens is 1. The summed E-state index contributed by atoms with van der Waals surface area (Å²) < 4.78 is 21.3. The van der Waals surface area contributed by atoms with Gasteiger partial charge in [0.15, 0.2) is 16.6 Å². The van der Waals surface area contributed by atoms with Gasteiger partial charge in [-0.25, -0.2) is 18.9 Å². The lowest BCUT2D eigenvalue weighted by molar-refractivity contribution is 0.102. The second kappa shape index (κ2) is 8.05. The van der Waals surface area contributed by atoms with Gasteiger partial charge in [0, 0.05) is 29.7 Å². The lowest BCUT2D eigenvalue weighted by Gasteiger charge is -2.27. The number of amides is 1. The maximum atomic E-state index is 14.3. The minimum absolute atomic E-state index is 0.340. The third-order valence-corrected chi connectivity index (χ3v) is 5.81. The molecule has 158 valence electrons. The van der Waals surface area contributed by atoms with Crippen molar-refractivity contribution in [2.75, 3.05) is 36.5 Å². The normalized spacial score (nSPS) is 14.2. The Labute approximate surface area is 181 Å². The second-order valence-corrected chi connectivity index (χ2v) is 8.35. The van der Waals surface area contributed by atoms with Crippen LogP contribution in [0.15, 0.2) is 42.7 Å². The summed E-state index contributed by atoms with van der Waals surface area (Å²) in [5.74, 6) is -0.0979. The topological polar surface area (TPSA) is 84.7 Å². The molecule has 0 atom stereocenters. The fourth-order valence-corrected chi connectivity index (χ4v) is 4.11. The van der Waals surface area contributed by atoms with Gasteiger partial charge < -0.3 is 9.64 Å². The molecule has 0 aliphatic carbocycles. The van der Waals surface area contributed by atoms with Crippen molar-refractivity contribution < 1.29 is 13.9 Å². The van der Waals surface area contributed by atoms with Gasteiger partial charge in [0.05, 0.1) is 30.7 Å². The minimum Gasteiger partial charge on any atom is -0.378 e. The number of rotatable bonds is 4. The number of aromatic nitrogens is 4. The van der Waals surface area contributed by atoms with Crippen LogP contribution in [0.1, 0.15) is 15.2 Å². The van der Waals surface area contributed by atoms with Crippen LogP contribution in [0.5, 0.6) is 0 Å². The lowest BCUT2D eigenvalue weighted by Crippen LogP contribution is -2.37. The summed E-state index contributed by atoms with van der Waals surface area (Å²) in [6.07, 6.45) is 3.34. The van der Waals surface area contributed by atoms with E-state index in [0.29, 0.717) is 59.7 Å². The van der Waals surface area contributed by atoms with E-state index in [1.165, 1.54) is 21.9 Å². The first-order chi connectivity index (χ1) is 15.1. The summed E-state index contributed by atoms with van der Waals surface area (Å²) in [5, 5.41) is 7.98. The van der Waals surface area contributed by atoms with E-state index < -0.39 is 0 Å². The number of ether oxygens (including phenoxy) is 1. The van der Waals surface area contributed by atoms with Crippen LogP contribution < -0.4 is 10.2 Å². The van der Waals surface area contributed by atoms with E-state index in [-0.39, 0.29) is 11.7 Å². The number of morpholine rings is 1. The van der Waals surface area contributed by atoms with Crippen LogP contribution >= 0.6 is 11.3 Å². The number of thiazole rings is 1. The van der Waals surface area contributed by atoms with Crippen LogP contribution in [0.25, 0.3) is 16.9 Å². The largest absolute Gasteiger partial charge is 0.378 e. The lowest BCUT2D eigenvalue weighted by atomic mass is 10.1. The first kappa shape index (κ1) is 19.6. The molecule has 1 aliphatic rings. The van der Waals surface area contributed by atoms with E-state index in [1.54, 1.807) is 36.7 Å². The number of anilines is 2. The van der Waals surface area contributed by atoms with E-state index in [4.69, 9.17) is 4.74 Å². The van der Waals surface area contributed by atoms with Gasteiger partial charge in [0.1, 0.15) is 5.82 Å². The van der Waals surface area contributed by atoms with Gasteiger partial charge in [-0.2, -0.15) is 0 Å². The van der Waals surface area contributed by atoms with E-state index >= 15 is 0 Å². The van der Waals surface area contributed by atoms with Crippen molar-refractivity contribution >= 4 is 33.8 Å². The minimum atomic E-state index is -0.386. The highest BCUT2D eigenvalue weighted by molar-refractivity contribution is 7.15. The van der Waals surface area contributed by atoms with E-state index in [0.717, 1.165) is 4.88 Å². The maximum Gasteiger partial charge on any atom is 0.261 e. The molecule has 4 aromatic rings. The smallest absolute Gasteiger partial charge is 0.261 e. The predicted octanol–water partition coefficient (Wildman–Crippen LogP) is 3.39. The molecule has 0 radical (unpaired) electrons. The second-order valence-electron chi connectivity index (χ2n) is 7.12. The molecule has 5 rings (SSSR count). The molecule has 0 bridgehead atoms. The fraction of sp³-hybridized carbons (Fsp3) is 0.238. The molecule has 0 saturated carbocycles. The Bertz CT molecular complexity index is 1260. The molecule has 1 aromatic carbocycles. The Morgan fingerprint density at radius 3 is 2.81 bits per heavy atom. The maximum absolute atomic E-state index is 14.3. The Hall–Kier alpha value is -3.37. The number of nitrogens with one attached hydrogen (secondary N) is 1. The fourth-order valence-electron chi connectivity index (χ4n) is 3.45. The molecule has 0 unspecified atom stereocenters. The molecule has 0 spiro atoms. The van der Waals surface area contributed by atoms with Crippen LogP contribution in [0.3, 0.4) is 0 Å². The Balaban J connectivity index is 1.61. The highest BCUT2D eigenvalue weighted by Gasteiger charge is 2.22. The van der Waals surface area contributed by atoms with Crippen molar-refractivity contribution in [1.82, 2.24) is 19.6 Å². The zero-order chi connectivity index (χ0) is 21.4. The van der Waals surface area contributed by atoms with E-state index in [9.17, 15) is 9.18 Å². The van der Waals surface area contributed by atoms with Crippen molar-refractivity contribution in [3.63, 3.8) is 0 Å². The van der Waals surface area contributed by atoms with Crippen molar-refractivity contribution in [2.45, 2.75) is 6.92 Å². The highest BCUT2D eigenvalue weighted by Crippen LogP contribution is 2.26. The number of nitrogens with zero attached hydrogens (tertiary/aromatic N) is 5. The third kappa shape index (κ3) is 3.87.